The Bertz CT molecular complexity index is 269. The van der Waals surface area contributed by atoms with Crippen molar-refractivity contribution in [2.75, 3.05) is 126 Å². The lowest BCUT2D eigenvalue weighted by Crippen LogP contribution is -2.15. The lowest BCUT2D eigenvalue weighted by molar-refractivity contribution is -0.0244. The first kappa shape index (κ1) is 29.6. The van der Waals surface area contributed by atoms with Crippen molar-refractivity contribution in [3.8, 4) is 0 Å². The summed E-state index contributed by atoms with van der Waals surface area (Å²) in [5, 5.41) is 8.60. The van der Waals surface area contributed by atoms with Gasteiger partial charge < -0.3 is 47.7 Å². The van der Waals surface area contributed by atoms with Gasteiger partial charge in [-0.1, -0.05) is 0 Å². The molecule has 182 valence electrons. The van der Waals surface area contributed by atoms with Gasteiger partial charge in [0.2, 0.25) is 0 Å². The Morgan fingerprint density at radius 1 is 0.367 bits per heavy atom. The molecule has 0 aliphatic rings. The maximum absolute atomic E-state index is 8.60. The number of hydrogen-bond acceptors (Lipinski definition) is 10. The third-order valence-corrected chi connectivity index (χ3v) is 3.48. The number of hydrogen-bond donors (Lipinski definition) is 1. The van der Waals surface area contributed by atoms with Gasteiger partial charge in [0, 0.05) is 20.3 Å². The van der Waals surface area contributed by atoms with Crippen LogP contribution in [0.5, 0.6) is 0 Å². The Morgan fingerprint density at radius 2 is 0.600 bits per heavy atom. The average Bonchev–Trinajstić information content (AvgIpc) is 2.76. The van der Waals surface area contributed by atoms with Gasteiger partial charge in [0.05, 0.1) is 106 Å². The molecule has 0 bridgehead atoms. The minimum atomic E-state index is 0.154. The monoisotopic (exact) mass is 442 g/mol. The number of rotatable bonds is 27. The van der Waals surface area contributed by atoms with Crippen molar-refractivity contribution in [2.24, 2.45) is 0 Å². The van der Waals surface area contributed by atoms with Gasteiger partial charge in [-0.2, -0.15) is 0 Å². The minimum Gasteiger partial charge on any atom is -0.396 e. The zero-order valence-electron chi connectivity index (χ0n) is 18.6. The third kappa shape index (κ3) is 27.6. The van der Waals surface area contributed by atoms with E-state index >= 15 is 0 Å². The van der Waals surface area contributed by atoms with Crippen LogP contribution >= 0.6 is 0 Å². The van der Waals surface area contributed by atoms with Crippen molar-refractivity contribution in [3.05, 3.63) is 0 Å². The van der Waals surface area contributed by atoms with Crippen molar-refractivity contribution < 1.29 is 47.7 Å². The Labute approximate surface area is 180 Å². The van der Waals surface area contributed by atoms with Crippen LogP contribution in [-0.4, -0.2) is 131 Å². The summed E-state index contributed by atoms with van der Waals surface area (Å²) in [6.45, 7) is 9.38. The molecule has 30 heavy (non-hydrogen) atoms. The SMILES string of the molecule is COCCOCCOCCOCCOCCOCCOCCOCCOCCCO. The van der Waals surface area contributed by atoms with Gasteiger partial charge in [-0.05, 0) is 6.42 Å². The normalized spacial score (nSPS) is 11.4. The number of aliphatic hydroxyl groups excluding tert-OH is 1. The van der Waals surface area contributed by atoms with Crippen LogP contribution in [0, 0.1) is 0 Å². The van der Waals surface area contributed by atoms with E-state index in [4.69, 9.17) is 47.7 Å². The predicted molar refractivity (Wildman–Crippen MR) is 110 cm³/mol. The molecule has 0 amide bonds. The van der Waals surface area contributed by atoms with Gasteiger partial charge >= 0.3 is 0 Å². The summed E-state index contributed by atoms with van der Waals surface area (Å²) in [4.78, 5) is 0. The predicted octanol–water partition coefficient (Wildman–Crippen LogP) is 0.148. The molecule has 0 spiro atoms. The van der Waals surface area contributed by atoms with E-state index in [9.17, 15) is 0 Å². The smallest absolute Gasteiger partial charge is 0.0701 e. The van der Waals surface area contributed by atoms with E-state index in [0.717, 1.165) is 0 Å². The summed E-state index contributed by atoms with van der Waals surface area (Å²) in [6.07, 6.45) is 0.657. The summed E-state index contributed by atoms with van der Waals surface area (Å²) in [5.41, 5.74) is 0. The molecular weight excluding hydrogens is 400 g/mol. The average molecular weight is 443 g/mol. The first-order valence-electron chi connectivity index (χ1n) is 10.6. The molecule has 0 saturated heterocycles. The van der Waals surface area contributed by atoms with Crippen LogP contribution < -0.4 is 0 Å². The number of aliphatic hydroxyl groups is 1. The Hall–Kier alpha value is -0.400. The molecule has 0 saturated carbocycles. The quantitative estimate of drug-likeness (QED) is 0.177. The molecule has 1 N–H and O–H groups in total. The zero-order chi connectivity index (χ0) is 21.8. The highest BCUT2D eigenvalue weighted by molar-refractivity contribution is 4.38. The minimum absolute atomic E-state index is 0.154. The van der Waals surface area contributed by atoms with E-state index in [1.807, 2.05) is 0 Å². The van der Waals surface area contributed by atoms with E-state index in [1.54, 1.807) is 7.11 Å². The van der Waals surface area contributed by atoms with E-state index < -0.39 is 0 Å². The van der Waals surface area contributed by atoms with Crippen molar-refractivity contribution in [1.82, 2.24) is 0 Å². The van der Waals surface area contributed by atoms with Gasteiger partial charge in [-0.25, -0.2) is 0 Å². The molecule has 0 aliphatic heterocycles. The van der Waals surface area contributed by atoms with E-state index in [2.05, 4.69) is 0 Å². The van der Waals surface area contributed by atoms with E-state index in [0.29, 0.717) is 119 Å². The molecule has 0 heterocycles. The molecule has 0 aromatic rings. The van der Waals surface area contributed by atoms with Gasteiger partial charge in [0.15, 0.2) is 0 Å². The van der Waals surface area contributed by atoms with Crippen LogP contribution in [0.4, 0.5) is 0 Å². The Kier molecular flexibility index (Phi) is 28.2. The topological polar surface area (TPSA) is 103 Å². The standard InChI is InChI=1S/C20H42O10/c1-22-5-6-24-9-10-26-13-14-28-17-18-30-20-19-29-16-15-27-12-11-25-8-7-23-4-2-3-21/h21H,2-20H2,1H3. The molecule has 0 fully saturated rings. The molecular formula is C20H42O10. The largest absolute Gasteiger partial charge is 0.396 e. The van der Waals surface area contributed by atoms with Gasteiger partial charge in [-0.3, -0.25) is 0 Å². The fraction of sp³-hybridized carbons (Fsp3) is 1.00. The van der Waals surface area contributed by atoms with Crippen LogP contribution in [0.15, 0.2) is 0 Å². The summed E-state index contributed by atoms with van der Waals surface area (Å²) >= 11 is 0. The second-order valence-corrected chi connectivity index (χ2v) is 5.97. The number of ether oxygens (including phenoxy) is 9. The summed E-state index contributed by atoms with van der Waals surface area (Å²) in [6, 6.07) is 0. The molecule has 0 unspecified atom stereocenters. The first-order valence-corrected chi connectivity index (χ1v) is 10.6. The second kappa shape index (κ2) is 28.6. The lowest BCUT2D eigenvalue weighted by Gasteiger charge is -2.08. The van der Waals surface area contributed by atoms with Crippen LogP contribution in [0.1, 0.15) is 6.42 Å². The highest BCUT2D eigenvalue weighted by atomic mass is 16.6. The fourth-order valence-corrected chi connectivity index (χ4v) is 1.95. The fourth-order valence-electron chi connectivity index (χ4n) is 1.95. The maximum Gasteiger partial charge on any atom is 0.0701 e. The van der Waals surface area contributed by atoms with Crippen LogP contribution in [0.3, 0.4) is 0 Å². The summed E-state index contributed by atoms with van der Waals surface area (Å²) in [5.74, 6) is 0. The lowest BCUT2D eigenvalue weighted by atomic mass is 10.5. The van der Waals surface area contributed by atoms with E-state index in [-0.39, 0.29) is 6.61 Å². The highest BCUT2D eigenvalue weighted by Crippen LogP contribution is 1.86. The maximum atomic E-state index is 8.60. The van der Waals surface area contributed by atoms with Crippen molar-refractivity contribution >= 4 is 0 Å². The zero-order valence-corrected chi connectivity index (χ0v) is 18.6. The molecule has 0 radical (unpaired) electrons. The number of methoxy groups -OCH3 is 1. The second-order valence-electron chi connectivity index (χ2n) is 5.97. The highest BCUT2D eigenvalue weighted by Gasteiger charge is 1.95. The van der Waals surface area contributed by atoms with Gasteiger partial charge in [0.1, 0.15) is 0 Å². The molecule has 0 aromatic heterocycles. The molecule has 10 nitrogen and oxygen atoms in total. The van der Waals surface area contributed by atoms with Crippen LogP contribution in [0.25, 0.3) is 0 Å². The van der Waals surface area contributed by atoms with E-state index in [1.165, 1.54) is 0 Å². The Morgan fingerprint density at radius 3 is 0.833 bits per heavy atom. The molecule has 10 heteroatoms. The van der Waals surface area contributed by atoms with Crippen molar-refractivity contribution in [2.45, 2.75) is 6.42 Å². The van der Waals surface area contributed by atoms with Crippen LogP contribution in [0.2, 0.25) is 0 Å². The van der Waals surface area contributed by atoms with Gasteiger partial charge in [-0.15, -0.1) is 0 Å². The molecule has 0 rings (SSSR count). The molecule has 0 aliphatic carbocycles. The van der Waals surface area contributed by atoms with Crippen molar-refractivity contribution in [3.63, 3.8) is 0 Å². The molecule has 0 atom stereocenters. The first-order chi connectivity index (χ1) is 14.9. The van der Waals surface area contributed by atoms with Crippen LogP contribution in [-0.2, 0) is 42.6 Å². The Balaban J connectivity index is 2.97. The molecule has 0 aromatic carbocycles. The van der Waals surface area contributed by atoms with Crippen molar-refractivity contribution in [1.29, 1.82) is 0 Å². The summed E-state index contributed by atoms with van der Waals surface area (Å²) < 4.78 is 47.7. The summed E-state index contributed by atoms with van der Waals surface area (Å²) in [7, 11) is 1.64. The third-order valence-electron chi connectivity index (χ3n) is 3.48. The van der Waals surface area contributed by atoms with Gasteiger partial charge in [0.25, 0.3) is 0 Å².